The van der Waals surface area contributed by atoms with E-state index < -0.39 is 0 Å². The summed E-state index contributed by atoms with van der Waals surface area (Å²) in [5, 5.41) is 18.0. The number of hydrogen-bond acceptors (Lipinski definition) is 4. The van der Waals surface area contributed by atoms with E-state index in [2.05, 4.69) is 15.4 Å². The van der Waals surface area contributed by atoms with Crippen molar-refractivity contribution >= 4 is 34.0 Å². The minimum atomic E-state index is 0.0488. The summed E-state index contributed by atoms with van der Waals surface area (Å²) in [5.41, 5.74) is 2.31. The third kappa shape index (κ3) is 1.91. The molecule has 2 N–H and O–H groups in total. The van der Waals surface area contributed by atoms with Crippen molar-refractivity contribution in [3.05, 3.63) is 35.0 Å². The number of nitrogens with one attached hydrogen (secondary N) is 1. The average Bonchev–Trinajstić information content (AvgIpc) is 2.72. The van der Waals surface area contributed by atoms with Gasteiger partial charge in [-0.1, -0.05) is 23.7 Å². The second-order valence-electron chi connectivity index (χ2n) is 4.26. The Morgan fingerprint density at radius 3 is 2.95 bits per heavy atom. The summed E-state index contributed by atoms with van der Waals surface area (Å²) in [6.45, 7) is 2.34. The first kappa shape index (κ1) is 12.2. The van der Waals surface area contributed by atoms with Crippen molar-refractivity contribution in [1.82, 2.24) is 14.6 Å². The predicted octanol–water partition coefficient (Wildman–Crippen LogP) is 2.25. The molecule has 2 heterocycles. The van der Waals surface area contributed by atoms with E-state index in [0.717, 1.165) is 16.6 Å². The van der Waals surface area contributed by atoms with Crippen LogP contribution in [0.2, 0.25) is 5.02 Å². The minimum Gasteiger partial charge on any atom is -0.395 e. The zero-order chi connectivity index (χ0) is 13.4. The van der Waals surface area contributed by atoms with Gasteiger partial charge in [-0.05, 0) is 19.1 Å². The van der Waals surface area contributed by atoms with Crippen molar-refractivity contribution in [2.75, 3.05) is 18.5 Å². The number of fused-ring (bicyclic) bond motifs is 3. The molecule has 0 saturated carbocycles. The minimum absolute atomic E-state index is 0.0488. The van der Waals surface area contributed by atoms with Crippen molar-refractivity contribution in [2.45, 2.75) is 6.92 Å². The average molecular weight is 277 g/mol. The molecule has 0 unspecified atom stereocenters. The fraction of sp³-hybridized carbons (Fsp3) is 0.231. The molecule has 1 aromatic carbocycles. The molecular weight excluding hydrogens is 264 g/mol. The SMILES string of the molecule is Cc1nn2c(nc(NCCO)c3ccccc32)c1Cl. The molecule has 0 amide bonds. The lowest BCUT2D eigenvalue weighted by molar-refractivity contribution is 0.311. The maximum absolute atomic E-state index is 8.94. The number of aliphatic hydroxyl groups is 1. The Labute approximate surface area is 114 Å². The number of hydrogen-bond donors (Lipinski definition) is 2. The molecule has 0 fully saturated rings. The molecule has 0 atom stereocenters. The van der Waals surface area contributed by atoms with Gasteiger partial charge in [0.2, 0.25) is 0 Å². The Morgan fingerprint density at radius 2 is 2.16 bits per heavy atom. The third-order valence-corrected chi connectivity index (χ3v) is 3.42. The maximum Gasteiger partial charge on any atom is 0.176 e. The lowest BCUT2D eigenvalue weighted by Gasteiger charge is -2.09. The van der Waals surface area contributed by atoms with Crippen LogP contribution in [0.25, 0.3) is 16.6 Å². The standard InChI is InChI=1S/C13H13ClN4O/c1-8-11(14)13-16-12(15-6-7-19)9-4-2-3-5-10(9)18(13)17-8/h2-5,19H,6-7H2,1H3,(H,15,16). The second kappa shape index (κ2) is 4.68. The number of aliphatic hydroxyl groups excluding tert-OH is 1. The molecule has 0 aliphatic carbocycles. The van der Waals surface area contributed by atoms with Crippen molar-refractivity contribution in [3.63, 3.8) is 0 Å². The van der Waals surface area contributed by atoms with E-state index in [9.17, 15) is 0 Å². The van der Waals surface area contributed by atoms with Gasteiger partial charge in [0, 0.05) is 11.9 Å². The first-order valence-corrected chi connectivity index (χ1v) is 6.38. The lowest BCUT2D eigenvalue weighted by atomic mass is 10.2. The highest BCUT2D eigenvalue weighted by atomic mass is 35.5. The normalized spacial score (nSPS) is 11.3. The Balaban J connectivity index is 2.36. The Bertz CT molecular complexity index is 753. The highest BCUT2D eigenvalue weighted by Gasteiger charge is 2.13. The highest BCUT2D eigenvalue weighted by molar-refractivity contribution is 6.34. The summed E-state index contributed by atoms with van der Waals surface area (Å²) in [6.07, 6.45) is 0. The van der Waals surface area contributed by atoms with Gasteiger partial charge in [-0.15, -0.1) is 0 Å². The second-order valence-corrected chi connectivity index (χ2v) is 4.64. The molecule has 0 aliphatic heterocycles. The van der Waals surface area contributed by atoms with Crippen LogP contribution in [-0.4, -0.2) is 32.9 Å². The molecule has 3 aromatic rings. The van der Waals surface area contributed by atoms with Gasteiger partial charge >= 0.3 is 0 Å². The van der Waals surface area contributed by atoms with E-state index >= 15 is 0 Å². The summed E-state index contributed by atoms with van der Waals surface area (Å²) < 4.78 is 1.75. The number of para-hydroxylation sites is 1. The van der Waals surface area contributed by atoms with Gasteiger partial charge in [-0.2, -0.15) is 5.10 Å². The molecule has 19 heavy (non-hydrogen) atoms. The Kier molecular flexibility index (Phi) is 3.00. The quantitative estimate of drug-likeness (QED) is 0.770. The summed E-state index contributed by atoms with van der Waals surface area (Å²) in [5.74, 6) is 0.707. The number of aryl methyl sites for hydroxylation is 1. The van der Waals surface area contributed by atoms with E-state index in [-0.39, 0.29) is 6.61 Å². The lowest BCUT2D eigenvalue weighted by Crippen LogP contribution is -2.08. The van der Waals surface area contributed by atoms with Crippen LogP contribution < -0.4 is 5.32 Å². The van der Waals surface area contributed by atoms with E-state index in [4.69, 9.17) is 16.7 Å². The first-order valence-electron chi connectivity index (χ1n) is 6.00. The molecule has 5 nitrogen and oxygen atoms in total. The fourth-order valence-electron chi connectivity index (χ4n) is 2.09. The molecule has 98 valence electrons. The highest BCUT2D eigenvalue weighted by Crippen LogP contribution is 2.27. The Morgan fingerprint density at radius 1 is 1.37 bits per heavy atom. The number of nitrogens with zero attached hydrogens (tertiary/aromatic N) is 3. The van der Waals surface area contributed by atoms with Crippen molar-refractivity contribution in [1.29, 1.82) is 0 Å². The topological polar surface area (TPSA) is 62.5 Å². The zero-order valence-corrected chi connectivity index (χ0v) is 11.1. The van der Waals surface area contributed by atoms with Crippen LogP contribution in [0.4, 0.5) is 5.82 Å². The van der Waals surface area contributed by atoms with Gasteiger partial charge in [-0.3, -0.25) is 0 Å². The van der Waals surface area contributed by atoms with Crippen LogP contribution in [0.15, 0.2) is 24.3 Å². The zero-order valence-electron chi connectivity index (χ0n) is 10.4. The first-order chi connectivity index (χ1) is 9.22. The molecule has 0 aliphatic rings. The van der Waals surface area contributed by atoms with Crippen molar-refractivity contribution < 1.29 is 5.11 Å². The smallest absolute Gasteiger partial charge is 0.176 e. The van der Waals surface area contributed by atoms with Crippen LogP contribution in [0.5, 0.6) is 0 Å². The van der Waals surface area contributed by atoms with Gasteiger partial charge in [0.15, 0.2) is 5.65 Å². The van der Waals surface area contributed by atoms with E-state index in [1.807, 2.05) is 31.2 Å². The number of halogens is 1. The van der Waals surface area contributed by atoms with Gasteiger partial charge in [0.25, 0.3) is 0 Å². The Hall–Kier alpha value is -1.85. The van der Waals surface area contributed by atoms with Gasteiger partial charge in [0.05, 0.1) is 17.8 Å². The maximum atomic E-state index is 8.94. The van der Waals surface area contributed by atoms with Gasteiger partial charge < -0.3 is 10.4 Å². The van der Waals surface area contributed by atoms with E-state index in [1.165, 1.54) is 0 Å². The fourth-order valence-corrected chi connectivity index (χ4v) is 2.25. The number of benzene rings is 1. The van der Waals surface area contributed by atoms with E-state index in [0.29, 0.717) is 23.0 Å². The van der Waals surface area contributed by atoms with Gasteiger partial charge in [-0.25, -0.2) is 9.50 Å². The molecule has 6 heteroatoms. The predicted molar refractivity (Wildman–Crippen MR) is 75.8 cm³/mol. The molecule has 2 aromatic heterocycles. The summed E-state index contributed by atoms with van der Waals surface area (Å²) >= 11 is 6.22. The molecule has 0 spiro atoms. The van der Waals surface area contributed by atoms with E-state index in [1.54, 1.807) is 4.52 Å². The summed E-state index contributed by atoms with van der Waals surface area (Å²) in [7, 11) is 0. The monoisotopic (exact) mass is 276 g/mol. The largest absolute Gasteiger partial charge is 0.395 e. The van der Waals surface area contributed by atoms with Crippen molar-refractivity contribution in [3.8, 4) is 0 Å². The van der Waals surface area contributed by atoms with Crippen LogP contribution in [0, 0.1) is 6.92 Å². The summed E-state index contributed by atoms with van der Waals surface area (Å²) in [6, 6.07) is 7.82. The van der Waals surface area contributed by atoms with Crippen LogP contribution in [-0.2, 0) is 0 Å². The molecule has 0 saturated heterocycles. The van der Waals surface area contributed by atoms with Crippen LogP contribution >= 0.6 is 11.6 Å². The number of aromatic nitrogens is 3. The molecular formula is C13H13ClN4O. The number of rotatable bonds is 3. The van der Waals surface area contributed by atoms with Crippen LogP contribution in [0.1, 0.15) is 5.69 Å². The molecule has 3 rings (SSSR count). The molecule has 0 bridgehead atoms. The summed E-state index contributed by atoms with van der Waals surface area (Å²) in [4.78, 5) is 4.51. The van der Waals surface area contributed by atoms with Crippen molar-refractivity contribution in [2.24, 2.45) is 0 Å². The van der Waals surface area contributed by atoms with Gasteiger partial charge in [0.1, 0.15) is 10.8 Å². The number of anilines is 1. The van der Waals surface area contributed by atoms with Crippen LogP contribution in [0.3, 0.4) is 0 Å². The molecule has 0 radical (unpaired) electrons. The third-order valence-electron chi connectivity index (χ3n) is 2.97.